The molecule has 6 aromatic rings. The Morgan fingerprint density at radius 1 is 0.654 bits per heavy atom. The molecule has 12 heteroatoms. The first-order chi connectivity index (χ1) is 24.8. The molecule has 4 aliphatic heterocycles. The first-order valence-electron chi connectivity index (χ1n) is 17.1. The molecule has 0 saturated carbocycles. The summed E-state index contributed by atoms with van der Waals surface area (Å²) in [5, 5.41) is 1.92. The number of pyridine rings is 4. The molecule has 0 saturated heterocycles. The molecule has 11 nitrogen and oxygen atoms in total. The van der Waals surface area contributed by atoms with Gasteiger partial charge in [-0.25, -0.2) is 19.6 Å². The number of hydrogen-bond acceptors (Lipinski definition) is 9. The van der Waals surface area contributed by atoms with Crippen molar-refractivity contribution in [1.82, 2.24) is 19.1 Å². The Kier molecular flexibility index (Phi) is 6.93. The molecule has 4 aromatic heterocycles. The molecule has 0 spiro atoms. The summed E-state index contributed by atoms with van der Waals surface area (Å²) < 4.78 is 21.7. The van der Waals surface area contributed by atoms with Crippen LogP contribution in [0.2, 0.25) is 0 Å². The first kappa shape index (κ1) is 32.3. The minimum atomic E-state index is -1.88. The molecular weight excluding hydrogens is 684 g/mol. The number of carbonyl (C=O) groups excluding carboxylic acids is 2. The van der Waals surface area contributed by atoms with Gasteiger partial charge in [0.15, 0.2) is 11.2 Å². The molecule has 0 unspecified atom stereocenters. The van der Waals surface area contributed by atoms with Crippen molar-refractivity contribution in [3.63, 3.8) is 0 Å². The second-order valence-electron chi connectivity index (χ2n) is 13.6. The average molecular weight is 715 g/mol. The fourth-order valence-corrected chi connectivity index (χ4v) is 8.46. The molecule has 2 atom stereocenters. The Balaban J connectivity index is 0.00000360. The van der Waals surface area contributed by atoms with Gasteiger partial charge in [-0.3, -0.25) is 9.59 Å². The third-order valence-electron chi connectivity index (χ3n) is 11.1. The van der Waals surface area contributed by atoms with Crippen LogP contribution in [0, 0.1) is 0 Å². The molecule has 52 heavy (non-hydrogen) atoms. The summed E-state index contributed by atoms with van der Waals surface area (Å²) in [5.41, 5.74) is 2.51. The minimum Gasteiger partial charge on any atom is -0.458 e. The SMILES string of the molecule is CC[C@@]1(O[C@]2(CC)C(=O)OCc3c2cc2n(c3=O)Cc3cc4ccccc4nc3-2)C(=O)OCc2c1cc1n(c2=O)Cc2cc3ccccc3nc2-1.Cl. The smallest absolute Gasteiger partial charge is 0.343 e. The van der Waals surface area contributed by atoms with E-state index in [2.05, 4.69) is 0 Å². The van der Waals surface area contributed by atoms with Crippen LogP contribution in [-0.2, 0) is 61.3 Å². The highest BCUT2D eigenvalue weighted by Gasteiger charge is 2.58. The largest absolute Gasteiger partial charge is 0.458 e. The zero-order chi connectivity index (χ0) is 34.8. The van der Waals surface area contributed by atoms with Crippen LogP contribution < -0.4 is 11.1 Å². The van der Waals surface area contributed by atoms with Gasteiger partial charge in [0.05, 0.1) is 58.0 Å². The number of para-hydroxylation sites is 2. The number of benzene rings is 2. The predicted octanol–water partition coefficient (Wildman–Crippen LogP) is 5.63. The highest BCUT2D eigenvalue weighted by Crippen LogP contribution is 2.49. The summed E-state index contributed by atoms with van der Waals surface area (Å²) in [6.07, 6.45) is 0.0643. The van der Waals surface area contributed by atoms with E-state index >= 15 is 0 Å². The molecule has 2 aromatic carbocycles. The van der Waals surface area contributed by atoms with E-state index in [0.717, 1.165) is 32.9 Å². The van der Waals surface area contributed by atoms with Gasteiger partial charge in [0.25, 0.3) is 11.1 Å². The van der Waals surface area contributed by atoms with Crippen LogP contribution >= 0.6 is 12.4 Å². The number of esters is 2. The number of halogens is 1. The van der Waals surface area contributed by atoms with Crippen molar-refractivity contribution in [2.75, 3.05) is 0 Å². The Labute approximate surface area is 302 Å². The van der Waals surface area contributed by atoms with Crippen LogP contribution in [0.3, 0.4) is 0 Å². The Morgan fingerprint density at radius 2 is 1.08 bits per heavy atom. The van der Waals surface area contributed by atoms with E-state index in [1.807, 2.05) is 60.7 Å². The Hall–Kier alpha value is -5.65. The predicted molar refractivity (Wildman–Crippen MR) is 193 cm³/mol. The van der Waals surface area contributed by atoms with Crippen molar-refractivity contribution < 1.29 is 23.8 Å². The maximum atomic E-state index is 14.2. The van der Waals surface area contributed by atoms with E-state index < -0.39 is 23.1 Å². The van der Waals surface area contributed by atoms with Gasteiger partial charge in [0, 0.05) is 33.0 Å². The van der Waals surface area contributed by atoms with Crippen LogP contribution in [0.1, 0.15) is 60.1 Å². The second kappa shape index (κ2) is 11.2. The summed E-state index contributed by atoms with van der Waals surface area (Å²) in [6, 6.07) is 23.1. The molecule has 0 radical (unpaired) electrons. The van der Waals surface area contributed by atoms with E-state index in [-0.39, 0.29) is 60.7 Å². The fraction of sp³-hybridized carbons (Fsp3) is 0.250. The first-order valence-corrected chi connectivity index (χ1v) is 17.1. The zero-order valence-electron chi connectivity index (χ0n) is 28.2. The summed E-state index contributed by atoms with van der Waals surface area (Å²) in [7, 11) is 0. The van der Waals surface area contributed by atoms with Crippen molar-refractivity contribution in [2.45, 2.75) is 64.2 Å². The third kappa shape index (κ3) is 4.11. The molecule has 260 valence electrons. The molecular formula is C40H31ClN4O7. The van der Waals surface area contributed by atoms with Crippen molar-refractivity contribution in [3.05, 3.63) is 127 Å². The number of aromatic nitrogens is 4. The molecule has 0 aliphatic carbocycles. The lowest BCUT2D eigenvalue weighted by atomic mass is 9.81. The molecule has 4 aliphatic rings. The highest BCUT2D eigenvalue weighted by atomic mass is 35.5. The quantitative estimate of drug-likeness (QED) is 0.213. The van der Waals surface area contributed by atoms with Crippen molar-refractivity contribution in [3.8, 4) is 22.8 Å². The monoisotopic (exact) mass is 714 g/mol. The Morgan fingerprint density at radius 3 is 1.50 bits per heavy atom. The lowest BCUT2D eigenvalue weighted by Gasteiger charge is -2.45. The lowest BCUT2D eigenvalue weighted by molar-refractivity contribution is -0.226. The standard InChI is InChI=1S/C40H30N4O7.ClH/c1-3-39(27-15-31-33-23(13-21-9-5-7-11-29(21)41-33)17-43(31)35(45)25(27)19-49-37(39)47)51-40(4-2)28-16-32-34-24(14-22-10-6-8-12-30(22)42-34)18-44(32)36(46)26(28)20-50-38(40)48;/h5-16H,3-4,17-20H2,1-2H3;1H/t39-,40-;/m0./s1. The molecule has 8 heterocycles. The van der Waals surface area contributed by atoms with Gasteiger partial charge in [0.2, 0.25) is 0 Å². The van der Waals surface area contributed by atoms with Gasteiger partial charge < -0.3 is 23.3 Å². The van der Waals surface area contributed by atoms with Gasteiger partial charge in [-0.05, 0) is 49.2 Å². The van der Waals surface area contributed by atoms with Gasteiger partial charge >= 0.3 is 11.9 Å². The topological polar surface area (TPSA) is 132 Å². The van der Waals surface area contributed by atoms with Crippen LogP contribution in [0.4, 0.5) is 0 Å². The normalized spacial score (nSPS) is 20.6. The van der Waals surface area contributed by atoms with Gasteiger partial charge in [-0.15, -0.1) is 12.4 Å². The molecule has 0 amide bonds. The lowest BCUT2D eigenvalue weighted by Crippen LogP contribution is -2.55. The van der Waals surface area contributed by atoms with Crippen LogP contribution in [0.25, 0.3) is 44.6 Å². The second-order valence-corrected chi connectivity index (χ2v) is 13.6. The van der Waals surface area contributed by atoms with E-state index in [1.54, 1.807) is 35.1 Å². The molecule has 0 N–H and O–H groups in total. The van der Waals surface area contributed by atoms with Crippen LogP contribution in [0.5, 0.6) is 0 Å². The number of fused-ring (bicyclic) bond motifs is 10. The fourth-order valence-electron chi connectivity index (χ4n) is 8.46. The Bertz CT molecular complexity index is 2540. The van der Waals surface area contributed by atoms with Crippen molar-refractivity contribution in [2.24, 2.45) is 0 Å². The van der Waals surface area contributed by atoms with E-state index in [9.17, 15) is 19.2 Å². The number of carbonyl (C=O) groups is 2. The van der Waals surface area contributed by atoms with Crippen molar-refractivity contribution >= 4 is 46.2 Å². The van der Waals surface area contributed by atoms with Crippen LogP contribution in [-0.4, -0.2) is 31.0 Å². The molecule has 0 fully saturated rings. The maximum Gasteiger partial charge on any atom is 0.343 e. The number of ether oxygens (including phenoxy) is 3. The van der Waals surface area contributed by atoms with Crippen LogP contribution in [0.15, 0.2) is 82.4 Å². The minimum absolute atomic E-state index is 0. The maximum absolute atomic E-state index is 14.2. The van der Waals surface area contributed by atoms with Gasteiger partial charge in [0.1, 0.15) is 13.2 Å². The van der Waals surface area contributed by atoms with E-state index in [1.165, 1.54) is 0 Å². The van der Waals surface area contributed by atoms with Crippen molar-refractivity contribution in [1.29, 1.82) is 0 Å². The number of rotatable bonds is 4. The van der Waals surface area contributed by atoms with Gasteiger partial charge in [-0.2, -0.15) is 0 Å². The van der Waals surface area contributed by atoms with Gasteiger partial charge in [-0.1, -0.05) is 50.2 Å². The summed E-state index contributed by atoms with van der Waals surface area (Å²) in [4.78, 5) is 66.5. The van der Waals surface area contributed by atoms with E-state index in [4.69, 9.17) is 24.2 Å². The average Bonchev–Trinajstić information content (AvgIpc) is 3.70. The summed E-state index contributed by atoms with van der Waals surface area (Å²) in [6.45, 7) is 3.66. The number of hydrogen-bond donors (Lipinski definition) is 0. The molecule has 10 rings (SSSR count). The molecule has 0 bridgehead atoms. The third-order valence-corrected chi connectivity index (χ3v) is 11.1. The highest BCUT2D eigenvalue weighted by molar-refractivity contribution is 5.90. The summed E-state index contributed by atoms with van der Waals surface area (Å²) >= 11 is 0. The zero-order valence-corrected chi connectivity index (χ0v) is 29.0. The summed E-state index contributed by atoms with van der Waals surface area (Å²) in [5.74, 6) is -1.45. The number of nitrogens with zero attached hydrogens (tertiary/aromatic N) is 4. The number of cyclic esters (lactones) is 2. The van der Waals surface area contributed by atoms with E-state index in [0.29, 0.717) is 47.0 Å².